The first-order valence-corrected chi connectivity index (χ1v) is 7.64. The Bertz CT molecular complexity index is 702. The van der Waals surface area contributed by atoms with Crippen molar-refractivity contribution in [3.05, 3.63) is 35.4 Å². The van der Waals surface area contributed by atoms with Crippen LogP contribution < -0.4 is 5.32 Å². The molecule has 2 amide bonds. The summed E-state index contributed by atoms with van der Waals surface area (Å²) in [5, 5.41) is 1.83. The molecule has 2 saturated heterocycles. The van der Waals surface area contributed by atoms with E-state index in [0.29, 0.717) is 0 Å². The monoisotopic (exact) mass is 317 g/mol. The summed E-state index contributed by atoms with van der Waals surface area (Å²) in [5.41, 5.74) is 0.923. The highest BCUT2D eigenvalue weighted by atomic mass is 16.5. The maximum Gasteiger partial charge on any atom is 0.368 e. The second kappa shape index (κ2) is 5.16. The van der Waals surface area contributed by atoms with Crippen LogP contribution in [0.4, 0.5) is 0 Å². The number of esters is 1. The molecule has 0 spiro atoms. The van der Waals surface area contributed by atoms with Crippen molar-refractivity contribution in [1.29, 1.82) is 0 Å². The fourth-order valence-electron chi connectivity index (χ4n) is 4.07. The molecule has 2 aliphatic rings. The number of ether oxygens (including phenoxy) is 1. The lowest BCUT2D eigenvalue weighted by Gasteiger charge is -2.24. The van der Waals surface area contributed by atoms with E-state index >= 15 is 0 Å². The first kappa shape index (κ1) is 15.7. The van der Waals surface area contributed by atoms with E-state index in [-0.39, 0.29) is 17.9 Å². The predicted octanol–water partition coefficient (Wildman–Crippen LogP) is -0.224. The van der Waals surface area contributed by atoms with Crippen LogP contribution >= 0.6 is 0 Å². The molecule has 6 nitrogen and oxygen atoms in total. The van der Waals surface area contributed by atoms with Crippen LogP contribution in [0.2, 0.25) is 0 Å². The third-order valence-corrected chi connectivity index (χ3v) is 5.30. The van der Waals surface area contributed by atoms with Crippen molar-refractivity contribution in [1.82, 2.24) is 4.90 Å². The Kier molecular flexibility index (Phi) is 3.52. The second-order valence-electron chi connectivity index (χ2n) is 6.56. The molecule has 0 bridgehead atoms. The molecule has 0 saturated carbocycles. The molecular weight excluding hydrogens is 296 g/mol. The molecule has 0 radical (unpaired) electrons. The fourth-order valence-corrected chi connectivity index (χ4v) is 4.07. The number of likely N-dealkylation sites (tertiary alicyclic amines) is 1. The van der Waals surface area contributed by atoms with E-state index in [0.717, 1.165) is 16.0 Å². The summed E-state index contributed by atoms with van der Waals surface area (Å²) in [4.78, 5) is 38.7. The van der Waals surface area contributed by atoms with Crippen molar-refractivity contribution in [2.75, 3.05) is 14.2 Å². The molecule has 0 aliphatic carbocycles. The zero-order chi connectivity index (χ0) is 16.9. The summed E-state index contributed by atoms with van der Waals surface area (Å²) in [7, 11) is 2.79. The number of imide groups is 1. The lowest BCUT2D eigenvalue weighted by molar-refractivity contribution is -0.731. The SMILES string of the molecule is COC(=O)[C@@]1(C)[NH2+][C@H](c2ccccc2C)[C@@H]2C(=O)N(C)C(=O)[C@H]21. The van der Waals surface area contributed by atoms with E-state index in [9.17, 15) is 14.4 Å². The Balaban J connectivity index is 2.14. The van der Waals surface area contributed by atoms with Gasteiger partial charge < -0.3 is 10.1 Å². The van der Waals surface area contributed by atoms with Gasteiger partial charge >= 0.3 is 5.97 Å². The largest absolute Gasteiger partial charge is 0.464 e. The highest BCUT2D eigenvalue weighted by molar-refractivity contribution is 6.08. The number of hydrogen-bond donors (Lipinski definition) is 1. The Morgan fingerprint density at radius 2 is 1.91 bits per heavy atom. The molecule has 2 N–H and O–H groups in total. The van der Waals surface area contributed by atoms with Gasteiger partial charge in [-0.2, -0.15) is 0 Å². The van der Waals surface area contributed by atoms with Crippen molar-refractivity contribution in [2.45, 2.75) is 25.4 Å². The minimum Gasteiger partial charge on any atom is -0.464 e. The number of carbonyl (C=O) groups is 3. The van der Waals surface area contributed by atoms with Gasteiger partial charge in [-0.05, 0) is 12.5 Å². The lowest BCUT2D eigenvalue weighted by atomic mass is 9.80. The topological polar surface area (TPSA) is 80.3 Å². The van der Waals surface area contributed by atoms with Gasteiger partial charge in [0.2, 0.25) is 17.4 Å². The summed E-state index contributed by atoms with van der Waals surface area (Å²) >= 11 is 0. The average molecular weight is 317 g/mol. The van der Waals surface area contributed by atoms with Crippen LogP contribution in [-0.2, 0) is 19.1 Å². The zero-order valence-electron chi connectivity index (χ0n) is 13.7. The maximum absolute atomic E-state index is 12.6. The Morgan fingerprint density at radius 3 is 2.52 bits per heavy atom. The van der Waals surface area contributed by atoms with E-state index in [4.69, 9.17) is 4.74 Å². The van der Waals surface area contributed by atoms with Gasteiger partial charge in [-0.1, -0.05) is 24.3 Å². The van der Waals surface area contributed by atoms with Crippen LogP contribution in [0, 0.1) is 18.8 Å². The highest BCUT2D eigenvalue weighted by Gasteiger charge is 2.70. The number of quaternary nitrogens is 1. The molecule has 1 aromatic carbocycles. The van der Waals surface area contributed by atoms with Crippen molar-refractivity contribution in [3.8, 4) is 0 Å². The van der Waals surface area contributed by atoms with Crippen LogP contribution in [0.1, 0.15) is 24.1 Å². The molecule has 6 heteroatoms. The molecule has 4 atom stereocenters. The second-order valence-corrected chi connectivity index (χ2v) is 6.56. The van der Waals surface area contributed by atoms with Gasteiger partial charge in [0.25, 0.3) is 0 Å². The number of hydrogen-bond acceptors (Lipinski definition) is 4. The number of aryl methyl sites for hydroxylation is 1. The number of benzene rings is 1. The third-order valence-electron chi connectivity index (χ3n) is 5.30. The van der Waals surface area contributed by atoms with Crippen LogP contribution in [0.15, 0.2) is 24.3 Å². The molecule has 2 aliphatic heterocycles. The lowest BCUT2D eigenvalue weighted by Crippen LogP contribution is -2.97. The number of rotatable bonds is 2. The first-order chi connectivity index (χ1) is 10.8. The van der Waals surface area contributed by atoms with E-state index < -0.39 is 23.3 Å². The minimum atomic E-state index is -1.09. The van der Waals surface area contributed by atoms with Gasteiger partial charge in [0.15, 0.2) is 0 Å². The average Bonchev–Trinajstić information content (AvgIpc) is 2.97. The number of amides is 2. The van der Waals surface area contributed by atoms with Crippen molar-refractivity contribution < 1.29 is 24.4 Å². The maximum atomic E-state index is 12.6. The van der Waals surface area contributed by atoms with Gasteiger partial charge in [0.1, 0.15) is 17.9 Å². The Morgan fingerprint density at radius 1 is 1.26 bits per heavy atom. The summed E-state index contributed by atoms with van der Waals surface area (Å²) in [6.07, 6.45) is 0. The summed E-state index contributed by atoms with van der Waals surface area (Å²) in [6, 6.07) is 7.48. The zero-order valence-corrected chi connectivity index (χ0v) is 13.7. The predicted molar refractivity (Wildman–Crippen MR) is 81.0 cm³/mol. The summed E-state index contributed by atoms with van der Waals surface area (Å²) in [6.45, 7) is 3.66. The van der Waals surface area contributed by atoms with Crippen LogP contribution in [0.25, 0.3) is 0 Å². The number of fused-ring (bicyclic) bond motifs is 1. The standard InChI is InChI=1S/C17H20N2O4/c1-9-7-5-6-8-10(9)13-11-12(15(21)19(3)14(11)20)17(2,18-13)16(22)23-4/h5-8,11-13,18H,1-4H3/p+1/t11-,12+,13-,17+/m1/s1. The molecule has 122 valence electrons. The van der Waals surface area contributed by atoms with E-state index in [2.05, 4.69) is 0 Å². The van der Waals surface area contributed by atoms with Gasteiger partial charge in [-0.25, -0.2) is 4.79 Å². The molecule has 1 aromatic rings. The molecule has 23 heavy (non-hydrogen) atoms. The van der Waals surface area contributed by atoms with Crippen LogP contribution in [-0.4, -0.2) is 42.4 Å². The molecule has 0 unspecified atom stereocenters. The fraction of sp³-hybridized carbons (Fsp3) is 0.471. The number of nitrogens with two attached hydrogens (primary N) is 1. The quantitative estimate of drug-likeness (QED) is 0.604. The highest BCUT2D eigenvalue weighted by Crippen LogP contribution is 2.44. The molecule has 2 heterocycles. The first-order valence-electron chi connectivity index (χ1n) is 7.64. The number of nitrogens with zero attached hydrogens (tertiary/aromatic N) is 1. The van der Waals surface area contributed by atoms with Crippen molar-refractivity contribution in [3.63, 3.8) is 0 Å². The summed E-state index contributed by atoms with van der Waals surface area (Å²) in [5.74, 6) is -2.24. The summed E-state index contributed by atoms with van der Waals surface area (Å²) < 4.78 is 4.93. The third kappa shape index (κ3) is 2.01. The van der Waals surface area contributed by atoms with Gasteiger partial charge in [0.05, 0.1) is 7.11 Å². The smallest absolute Gasteiger partial charge is 0.368 e. The van der Waals surface area contributed by atoms with E-state index in [1.165, 1.54) is 14.2 Å². The van der Waals surface area contributed by atoms with Crippen LogP contribution in [0.5, 0.6) is 0 Å². The van der Waals surface area contributed by atoms with Gasteiger partial charge in [0, 0.05) is 19.5 Å². The van der Waals surface area contributed by atoms with Crippen molar-refractivity contribution >= 4 is 17.8 Å². The Hall–Kier alpha value is -2.21. The van der Waals surface area contributed by atoms with Gasteiger partial charge in [-0.3, -0.25) is 14.5 Å². The van der Waals surface area contributed by atoms with Crippen molar-refractivity contribution in [2.24, 2.45) is 11.8 Å². The molecule has 0 aromatic heterocycles. The molecule has 2 fully saturated rings. The molecular formula is C17H21N2O4+. The van der Waals surface area contributed by atoms with E-state index in [1.807, 2.05) is 36.5 Å². The van der Waals surface area contributed by atoms with Crippen LogP contribution in [0.3, 0.4) is 0 Å². The van der Waals surface area contributed by atoms with E-state index in [1.54, 1.807) is 6.92 Å². The number of carbonyl (C=O) groups excluding carboxylic acids is 3. The Labute approximate surface area is 134 Å². The molecule has 3 rings (SSSR count). The number of methoxy groups -OCH3 is 1. The minimum absolute atomic E-state index is 0.225. The normalized spacial score (nSPS) is 33.0. The van der Waals surface area contributed by atoms with Gasteiger partial charge in [-0.15, -0.1) is 0 Å².